The van der Waals surface area contributed by atoms with Crippen LogP contribution in [0.1, 0.15) is 29.3 Å². The minimum absolute atomic E-state index is 0.0831. The smallest absolute Gasteiger partial charge is 0.173 e. The van der Waals surface area contributed by atoms with Gasteiger partial charge in [-0.15, -0.1) is 0 Å². The van der Waals surface area contributed by atoms with Gasteiger partial charge in [0, 0.05) is 28.4 Å². The van der Waals surface area contributed by atoms with E-state index in [0.717, 1.165) is 5.56 Å². The van der Waals surface area contributed by atoms with E-state index in [-0.39, 0.29) is 5.78 Å². The second-order valence-electron chi connectivity index (χ2n) is 5.42. The van der Waals surface area contributed by atoms with Gasteiger partial charge in [-0.05, 0) is 18.9 Å². The van der Waals surface area contributed by atoms with Crippen molar-refractivity contribution in [3.8, 4) is 0 Å². The zero-order valence-corrected chi connectivity index (χ0v) is 13.2. The number of carbonyl (C=O) groups is 1. The van der Waals surface area contributed by atoms with Gasteiger partial charge in [-0.25, -0.2) is 0 Å². The Bertz CT molecular complexity index is 622. The lowest BCUT2D eigenvalue weighted by Gasteiger charge is -2.28. The van der Waals surface area contributed by atoms with E-state index in [0.29, 0.717) is 17.7 Å². The predicted molar refractivity (Wildman–Crippen MR) is 88.1 cm³/mol. The second-order valence-corrected chi connectivity index (χ2v) is 6.98. The van der Waals surface area contributed by atoms with Crippen LogP contribution in [0, 0.1) is 0 Å². The number of hydrogen-bond acceptors (Lipinski definition) is 2. The Hall–Kier alpha value is -1.74. The number of benzene rings is 2. The molecule has 0 radical (unpaired) electrons. The molecule has 2 aromatic rings. The summed E-state index contributed by atoms with van der Waals surface area (Å²) in [5.74, 6) is 0.601. The highest BCUT2D eigenvalue weighted by Crippen LogP contribution is 2.32. The zero-order chi connectivity index (χ0) is 15.3. The molecule has 0 aliphatic carbocycles. The standard InChI is InChI=1S/C18H20O2S/c1-18(13-14-21(2)20,16-11-7-4-8-12-16)17(19)15-9-5-3-6-10-15/h3-12H,13-14H2,1-2H3. The number of Topliss-reactive ketones (excluding diaryl/α,β-unsaturated/α-hetero) is 1. The topological polar surface area (TPSA) is 34.1 Å². The average molecular weight is 300 g/mol. The third-order valence-corrected chi connectivity index (χ3v) is 4.62. The number of carbonyl (C=O) groups excluding carboxylic acids is 1. The van der Waals surface area contributed by atoms with E-state index >= 15 is 0 Å². The Balaban J connectivity index is 2.41. The first-order valence-corrected chi connectivity index (χ1v) is 8.72. The van der Waals surface area contributed by atoms with E-state index in [1.165, 1.54) is 0 Å². The number of ketones is 1. The first-order chi connectivity index (χ1) is 10.0. The summed E-state index contributed by atoms with van der Waals surface area (Å²) < 4.78 is 11.5. The maximum Gasteiger partial charge on any atom is 0.173 e. The third kappa shape index (κ3) is 3.67. The molecule has 2 atom stereocenters. The van der Waals surface area contributed by atoms with Gasteiger partial charge >= 0.3 is 0 Å². The van der Waals surface area contributed by atoms with Gasteiger partial charge in [-0.2, -0.15) is 0 Å². The Morgan fingerprint density at radius 2 is 1.52 bits per heavy atom. The lowest BCUT2D eigenvalue weighted by Crippen LogP contribution is -2.34. The molecule has 2 nitrogen and oxygen atoms in total. The highest BCUT2D eigenvalue weighted by atomic mass is 32.2. The van der Waals surface area contributed by atoms with E-state index < -0.39 is 16.2 Å². The fourth-order valence-electron chi connectivity index (χ4n) is 2.45. The summed E-state index contributed by atoms with van der Waals surface area (Å²) >= 11 is 0. The molecule has 0 spiro atoms. The summed E-state index contributed by atoms with van der Waals surface area (Å²) in [6.07, 6.45) is 2.26. The van der Waals surface area contributed by atoms with Crippen LogP contribution in [0.2, 0.25) is 0 Å². The SMILES string of the molecule is CS(=O)CCC(C)(C(=O)c1ccccc1)c1ccccc1. The van der Waals surface area contributed by atoms with Crippen LogP contribution in [0.15, 0.2) is 60.7 Å². The molecule has 2 unspecified atom stereocenters. The molecular weight excluding hydrogens is 280 g/mol. The molecule has 3 heteroatoms. The summed E-state index contributed by atoms with van der Waals surface area (Å²) in [4.78, 5) is 13.0. The van der Waals surface area contributed by atoms with Crippen LogP contribution in [-0.2, 0) is 16.2 Å². The van der Waals surface area contributed by atoms with Crippen molar-refractivity contribution in [1.29, 1.82) is 0 Å². The lowest BCUT2D eigenvalue weighted by atomic mass is 9.74. The van der Waals surface area contributed by atoms with Crippen LogP contribution in [0.5, 0.6) is 0 Å². The van der Waals surface area contributed by atoms with Crippen molar-refractivity contribution in [3.63, 3.8) is 0 Å². The number of hydrogen-bond donors (Lipinski definition) is 0. The molecule has 0 heterocycles. The molecule has 0 aromatic heterocycles. The molecule has 0 aliphatic heterocycles. The van der Waals surface area contributed by atoms with E-state index in [1.54, 1.807) is 6.26 Å². The lowest BCUT2D eigenvalue weighted by molar-refractivity contribution is 0.0893. The second kappa shape index (κ2) is 6.81. The van der Waals surface area contributed by atoms with Crippen LogP contribution < -0.4 is 0 Å². The maximum atomic E-state index is 13.0. The van der Waals surface area contributed by atoms with E-state index in [9.17, 15) is 9.00 Å². The molecule has 0 saturated carbocycles. The molecular formula is C18H20O2S. The van der Waals surface area contributed by atoms with Gasteiger partial charge in [0.15, 0.2) is 5.78 Å². The number of rotatable bonds is 6. The first-order valence-electron chi connectivity index (χ1n) is 6.99. The van der Waals surface area contributed by atoms with E-state index in [2.05, 4.69) is 0 Å². The van der Waals surface area contributed by atoms with Gasteiger partial charge in [0.05, 0.1) is 5.41 Å². The summed E-state index contributed by atoms with van der Waals surface area (Å²) in [6, 6.07) is 19.1. The van der Waals surface area contributed by atoms with Crippen molar-refractivity contribution >= 4 is 16.6 Å². The van der Waals surface area contributed by atoms with Crippen molar-refractivity contribution in [2.24, 2.45) is 0 Å². The van der Waals surface area contributed by atoms with Crippen molar-refractivity contribution in [3.05, 3.63) is 71.8 Å². The van der Waals surface area contributed by atoms with Crippen molar-refractivity contribution in [1.82, 2.24) is 0 Å². The van der Waals surface area contributed by atoms with E-state index in [1.807, 2.05) is 67.6 Å². The summed E-state index contributed by atoms with van der Waals surface area (Å²) in [6.45, 7) is 1.95. The van der Waals surface area contributed by atoms with Crippen LogP contribution in [0.4, 0.5) is 0 Å². The van der Waals surface area contributed by atoms with Crippen LogP contribution in [-0.4, -0.2) is 22.0 Å². The maximum absolute atomic E-state index is 13.0. The highest BCUT2D eigenvalue weighted by Gasteiger charge is 2.35. The molecule has 0 N–H and O–H groups in total. The van der Waals surface area contributed by atoms with Gasteiger partial charge in [0.2, 0.25) is 0 Å². The highest BCUT2D eigenvalue weighted by molar-refractivity contribution is 7.84. The molecule has 0 fully saturated rings. The summed E-state index contributed by atoms with van der Waals surface area (Å²) in [7, 11) is -0.911. The molecule has 2 aromatic carbocycles. The summed E-state index contributed by atoms with van der Waals surface area (Å²) in [5, 5.41) is 0. The fourth-order valence-corrected chi connectivity index (χ4v) is 3.15. The molecule has 21 heavy (non-hydrogen) atoms. The van der Waals surface area contributed by atoms with Gasteiger partial charge in [0.25, 0.3) is 0 Å². The van der Waals surface area contributed by atoms with Gasteiger partial charge in [-0.3, -0.25) is 9.00 Å². The average Bonchev–Trinajstić information content (AvgIpc) is 2.53. The fraction of sp³-hybridized carbons (Fsp3) is 0.278. The van der Waals surface area contributed by atoms with Crippen molar-refractivity contribution in [2.45, 2.75) is 18.8 Å². The Labute approximate surface area is 128 Å². The molecule has 0 aliphatic rings. The Morgan fingerprint density at radius 3 is 2.05 bits per heavy atom. The summed E-state index contributed by atoms with van der Waals surface area (Å²) in [5.41, 5.74) is 1.03. The monoisotopic (exact) mass is 300 g/mol. The first kappa shape index (κ1) is 15.6. The van der Waals surface area contributed by atoms with E-state index in [4.69, 9.17) is 0 Å². The van der Waals surface area contributed by atoms with Gasteiger partial charge in [-0.1, -0.05) is 60.7 Å². The quantitative estimate of drug-likeness (QED) is 0.764. The Kier molecular flexibility index (Phi) is 5.07. The molecule has 2 rings (SSSR count). The molecule has 110 valence electrons. The van der Waals surface area contributed by atoms with Gasteiger partial charge in [0.1, 0.15) is 0 Å². The largest absolute Gasteiger partial charge is 0.293 e. The van der Waals surface area contributed by atoms with Crippen LogP contribution in [0.3, 0.4) is 0 Å². The normalized spacial score (nSPS) is 15.1. The zero-order valence-electron chi connectivity index (χ0n) is 12.4. The predicted octanol–water partition coefficient (Wildman–Crippen LogP) is 3.60. The van der Waals surface area contributed by atoms with Crippen LogP contribution >= 0.6 is 0 Å². The van der Waals surface area contributed by atoms with Crippen molar-refractivity contribution < 1.29 is 9.00 Å². The van der Waals surface area contributed by atoms with Gasteiger partial charge < -0.3 is 0 Å². The van der Waals surface area contributed by atoms with Crippen molar-refractivity contribution in [2.75, 3.05) is 12.0 Å². The minimum Gasteiger partial charge on any atom is -0.293 e. The molecule has 0 saturated heterocycles. The minimum atomic E-state index is -0.911. The third-order valence-electron chi connectivity index (χ3n) is 3.84. The molecule has 0 bridgehead atoms. The Morgan fingerprint density at radius 1 is 1.00 bits per heavy atom. The van der Waals surface area contributed by atoms with Crippen LogP contribution in [0.25, 0.3) is 0 Å². The molecule has 0 amide bonds.